The number of aromatic amines is 1. The van der Waals surface area contributed by atoms with Gasteiger partial charge in [0.05, 0.1) is 18.9 Å². The summed E-state index contributed by atoms with van der Waals surface area (Å²) in [5, 5.41) is 3.00. The third-order valence-corrected chi connectivity index (χ3v) is 3.55. The zero-order chi connectivity index (χ0) is 13.1. The SMILES string of the molecule is S=c1nc[nH]n1-c1ccc(CN2CCOCC2)cc1. The van der Waals surface area contributed by atoms with Gasteiger partial charge in [0.2, 0.25) is 4.77 Å². The predicted octanol–water partition coefficient (Wildman–Crippen LogP) is 1.76. The number of morpholine rings is 1. The number of nitrogens with one attached hydrogen (secondary N) is 1. The summed E-state index contributed by atoms with van der Waals surface area (Å²) in [5.74, 6) is 0. The number of benzene rings is 1. The van der Waals surface area contributed by atoms with Crippen LogP contribution in [0.15, 0.2) is 30.6 Å². The molecule has 0 radical (unpaired) electrons. The lowest BCUT2D eigenvalue weighted by molar-refractivity contribution is 0.0342. The Labute approximate surface area is 116 Å². The first-order valence-corrected chi connectivity index (χ1v) is 6.75. The topological polar surface area (TPSA) is 46.1 Å². The molecule has 1 aliphatic heterocycles. The van der Waals surface area contributed by atoms with E-state index in [1.807, 2.05) is 0 Å². The quantitative estimate of drug-likeness (QED) is 0.868. The molecule has 0 saturated carbocycles. The fourth-order valence-corrected chi connectivity index (χ4v) is 2.42. The molecule has 19 heavy (non-hydrogen) atoms. The Morgan fingerprint density at radius 1 is 1.21 bits per heavy atom. The molecule has 1 aliphatic rings. The van der Waals surface area contributed by atoms with Crippen molar-refractivity contribution in [2.45, 2.75) is 6.54 Å². The van der Waals surface area contributed by atoms with Crippen LogP contribution in [-0.4, -0.2) is 46.0 Å². The van der Waals surface area contributed by atoms with Crippen LogP contribution in [0.4, 0.5) is 0 Å². The zero-order valence-electron chi connectivity index (χ0n) is 10.6. The highest BCUT2D eigenvalue weighted by Crippen LogP contribution is 2.11. The molecule has 1 fully saturated rings. The van der Waals surface area contributed by atoms with Gasteiger partial charge in [0, 0.05) is 19.6 Å². The van der Waals surface area contributed by atoms with Crippen molar-refractivity contribution >= 4 is 12.2 Å². The number of nitrogens with zero attached hydrogens (tertiary/aromatic N) is 3. The van der Waals surface area contributed by atoms with Gasteiger partial charge in [-0.25, -0.2) is 9.67 Å². The molecule has 0 spiro atoms. The van der Waals surface area contributed by atoms with Crippen LogP contribution in [0.2, 0.25) is 0 Å². The van der Waals surface area contributed by atoms with Gasteiger partial charge in [-0.1, -0.05) is 12.1 Å². The molecule has 6 heteroatoms. The highest BCUT2D eigenvalue weighted by Gasteiger charge is 2.10. The Kier molecular flexibility index (Phi) is 3.72. The molecular formula is C13H16N4OS. The van der Waals surface area contributed by atoms with E-state index in [2.05, 4.69) is 39.2 Å². The van der Waals surface area contributed by atoms with Crippen molar-refractivity contribution in [3.63, 3.8) is 0 Å². The average Bonchev–Trinajstić information content (AvgIpc) is 2.87. The monoisotopic (exact) mass is 276 g/mol. The van der Waals surface area contributed by atoms with Crippen molar-refractivity contribution in [3.8, 4) is 5.69 Å². The molecule has 1 aromatic carbocycles. The molecular weight excluding hydrogens is 260 g/mol. The van der Waals surface area contributed by atoms with Crippen LogP contribution in [0.5, 0.6) is 0 Å². The van der Waals surface area contributed by atoms with Crippen LogP contribution in [0.25, 0.3) is 5.69 Å². The Balaban J connectivity index is 1.72. The summed E-state index contributed by atoms with van der Waals surface area (Å²) in [5.41, 5.74) is 2.31. The van der Waals surface area contributed by atoms with Gasteiger partial charge < -0.3 is 4.74 Å². The Bertz CT molecular complexity index is 583. The highest BCUT2D eigenvalue weighted by atomic mass is 32.1. The number of ether oxygens (including phenoxy) is 1. The molecule has 1 N–H and O–H groups in total. The summed E-state index contributed by atoms with van der Waals surface area (Å²) < 4.78 is 7.68. The minimum absolute atomic E-state index is 0.543. The minimum Gasteiger partial charge on any atom is -0.379 e. The van der Waals surface area contributed by atoms with Gasteiger partial charge in [-0.2, -0.15) is 0 Å². The van der Waals surface area contributed by atoms with Gasteiger partial charge in [0.15, 0.2) is 0 Å². The number of rotatable bonds is 3. The molecule has 2 heterocycles. The Morgan fingerprint density at radius 2 is 1.95 bits per heavy atom. The third-order valence-electron chi connectivity index (χ3n) is 3.26. The maximum absolute atomic E-state index is 5.35. The lowest BCUT2D eigenvalue weighted by Gasteiger charge is -2.26. The zero-order valence-corrected chi connectivity index (χ0v) is 11.4. The second-order valence-electron chi connectivity index (χ2n) is 4.56. The standard InChI is InChI=1S/C13H16N4OS/c19-13-14-10-15-17(13)12-3-1-11(2-4-12)9-16-5-7-18-8-6-16/h1-4,10H,5-9H2,(H,14,15,19). The van der Waals surface area contributed by atoms with E-state index in [-0.39, 0.29) is 0 Å². The van der Waals surface area contributed by atoms with Crippen molar-refractivity contribution in [1.82, 2.24) is 19.7 Å². The molecule has 1 saturated heterocycles. The van der Waals surface area contributed by atoms with Crippen LogP contribution in [0.1, 0.15) is 5.56 Å². The number of aromatic nitrogens is 3. The molecule has 0 aliphatic carbocycles. The first-order chi connectivity index (χ1) is 9.33. The minimum atomic E-state index is 0.543. The van der Waals surface area contributed by atoms with Gasteiger partial charge in [0.25, 0.3) is 0 Å². The first-order valence-electron chi connectivity index (χ1n) is 6.35. The second kappa shape index (κ2) is 5.64. The largest absolute Gasteiger partial charge is 0.379 e. The Hall–Kier alpha value is -1.50. The molecule has 3 rings (SSSR count). The lowest BCUT2D eigenvalue weighted by atomic mass is 10.2. The van der Waals surface area contributed by atoms with E-state index >= 15 is 0 Å². The van der Waals surface area contributed by atoms with Crippen LogP contribution in [0.3, 0.4) is 0 Å². The van der Waals surface area contributed by atoms with Gasteiger partial charge in [-0.05, 0) is 29.9 Å². The van der Waals surface area contributed by atoms with Gasteiger partial charge in [-0.3, -0.25) is 10.00 Å². The van der Waals surface area contributed by atoms with Crippen molar-refractivity contribution < 1.29 is 4.74 Å². The van der Waals surface area contributed by atoms with Crippen molar-refractivity contribution in [1.29, 1.82) is 0 Å². The van der Waals surface area contributed by atoms with E-state index < -0.39 is 0 Å². The average molecular weight is 276 g/mol. The van der Waals surface area contributed by atoms with Crippen molar-refractivity contribution in [3.05, 3.63) is 40.9 Å². The van der Waals surface area contributed by atoms with Gasteiger partial charge >= 0.3 is 0 Å². The first kappa shape index (κ1) is 12.5. The van der Waals surface area contributed by atoms with Gasteiger partial charge in [0.1, 0.15) is 6.33 Å². The molecule has 2 aromatic rings. The molecule has 100 valence electrons. The van der Waals surface area contributed by atoms with E-state index in [0.717, 1.165) is 38.5 Å². The molecule has 0 unspecified atom stereocenters. The van der Waals surface area contributed by atoms with Crippen LogP contribution in [-0.2, 0) is 11.3 Å². The summed E-state index contributed by atoms with van der Waals surface area (Å²) in [6, 6.07) is 8.38. The predicted molar refractivity (Wildman–Crippen MR) is 74.8 cm³/mol. The van der Waals surface area contributed by atoms with E-state index in [1.54, 1.807) is 11.0 Å². The van der Waals surface area contributed by atoms with Crippen molar-refractivity contribution in [2.75, 3.05) is 26.3 Å². The fraction of sp³-hybridized carbons (Fsp3) is 0.385. The molecule has 0 bridgehead atoms. The van der Waals surface area contributed by atoms with Crippen LogP contribution in [0, 0.1) is 4.77 Å². The summed E-state index contributed by atoms with van der Waals surface area (Å²) in [6.45, 7) is 4.65. The molecule has 1 aromatic heterocycles. The summed E-state index contributed by atoms with van der Waals surface area (Å²) >= 11 is 5.13. The molecule has 0 amide bonds. The third kappa shape index (κ3) is 2.91. The van der Waals surface area contributed by atoms with E-state index in [1.165, 1.54) is 5.56 Å². The highest BCUT2D eigenvalue weighted by molar-refractivity contribution is 7.71. The lowest BCUT2D eigenvalue weighted by Crippen LogP contribution is -2.35. The normalized spacial score (nSPS) is 16.6. The Morgan fingerprint density at radius 3 is 2.58 bits per heavy atom. The van der Waals surface area contributed by atoms with Crippen LogP contribution >= 0.6 is 12.2 Å². The second-order valence-corrected chi connectivity index (χ2v) is 4.93. The summed E-state index contributed by atoms with van der Waals surface area (Å²) in [7, 11) is 0. The van der Waals surface area contributed by atoms with Gasteiger partial charge in [-0.15, -0.1) is 0 Å². The smallest absolute Gasteiger partial charge is 0.220 e. The maximum atomic E-state index is 5.35. The number of hydrogen-bond donors (Lipinski definition) is 1. The maximum Gasteiger partial charge on any atom is 0.220 e. The van der Waals surface area contributed by atoms with E-state index in [0.29, 0.717) is 4.77 Å². The molecule has 0 atom stereocenters. The number of hydrogen-bond acceptors (Lipinski definition) is 4. The molecule has 5 nitrogen and oxygen atoms in total. The summed E-state index contributed by atoms with van der Waals surface area (Å²) in [4.78, 5) is 6.41. The van der Waals surface area contributed by atoms with E-state index in [9.17, 15) is 0 Å². The number of H-pyrrole nitrogens is 1. The van der Waals surface area contributed by atoms with E-state index in [4.69, 9.17) is 17.0 Å². The van der Waals surface area contributed by atoms with Crippen molar-refractivity contribution in [2.24, 2.45) is 0 Å². The summed E-state index contributed by atoms with van der Waals surface area (Å²) in [6.07, 6.45) is 1.60. The van der Waals surface area contributed by atoms with Crippen LogP contribution < -0.4 is 0 Å². The fourth-order valence-electron chi connectivity index (χ4n) is 2.21.